The number of benzene rings is 2. The number of rotatable bonds is 4. The van der Waals surface area contributed by atoms with E-state index in [0.29, 0.717) is 23.7 Å². The molecule has 0 aliphatic carbocycles. The first-order valence-electron chi connectivity index (χ1n) is 8.69. The summed E-state index contributed by atoms with van der Waals surface area (Å²) in [5, 5.41) is 2.96. The molecule has 1 aliphatic heterocycles. The minimum Gasteiger partial charge on any atom is -0.371 e. The van der Waals surface area contributed by atoms with Crippen LogP contribution in [0.3, 0.4) is 0 Å². The van der Waals surface area contributed by atoms with Gasteiger partial charge in [-0.3, -0.25) is 9.78 Å². The molecule has 3 aromatic rings. The standard InChI is InChI=1S/C20H19FN4O/c21-15-5-7-16(8-6-15)25-10-9-14(13-25)11-23-20(26)19-12-22-17-3-1-2-4-18(17)24-19/h1-8,12,14H,9-11,13H2,(H,23,26). The Balaban J connectivity index is 1.35. The minimum absolute atomic E-state index is 0.205. The van der Waals surface area contributed by atoms with Crippen LogP contribution in [0.4, 0.5) is 10.1 Å². The SMILES string of the molecule is O=C(NCC1CCN(c2ccc(F)cc2)C1)c1cnc2ccccc2n1. The number of hydrogen-bond acceptors (Lipinski definition) is 4. The molecule has 132 valence electrons. The van der Waals surface area contributed by atoms with Gasteiger partial charge in [0.25, 0.3) is 5.91 Å². The Bertz CT molecular complexity index is 929. The van der Waals surface area contributed by atoms with Gasteiger partial charge in [0, 0.05) is 25.3 Å². The lowest BCUT2D eigenvalue weighted by atomic mass is 10.1. The average Bonchev–Trinajstić information content (AvgIpc) is 3.15. The number of nitrogens with one attached hydrogen (secondary N) is 1. The monoisotopic (exact) mass is 350 g/mol. The maximum absolute atomic E-state index is 13.0. The number of anilines is 1. The van der Waals surface area contributed by atoms with E-state index in [4.69, 9.17) is 0 Å². The highest BCUT2D eigenvalue weighted by molar-refractivity contribution is 5.93. The molecule has 1 unspecified atom stereocenters. The van der Waals surface area contributed by atoms with Crippen molar-refractivity contribution in [3.8, 4) is 0 Å². The van der Waals surface area contributed by atoms with Gasteiger partial charge in [-0.25, -0.2) is 9.37 Å². The molecule has 0 spiro atoms. The van der Waals surface area contributed by atoms with Gasteiger partial charge in [-0.2, -0.15) is 0 Å². The zero-order valence-corrected chi connectivity index (χ0v) is 14.2. The summed E-state index contributed by atoms with van der Waals surface area (Å²) in [6.07, 6.45) is 2.50. The third kappa shape index (κ3) is 3.49. The van der Waals surface area contributed by atoms with E-state index in [0.717, 1.165) is 30.7 Å². The van der Waals surface area contributed by atoms with Crippen LogP contribution in [0.25, 0.3) is 11.0 Å². The highest BCUT2D eigenvalue weighted by Gasteiger charge is 2.23. The normalized spacial score (nSPS) is 16.8. The van der Waals surface area contributed by atoms with Crippen molar-refractivity contribution in [1.29, 1.82) is 0 Å². The maximum atomic E-state index is 13.0. The van der Waals surface area contributed by atoms with Crippen molar-refractivity contribution in [1.82, 2.24) is 15.3 Å². The van der Waals surface area contributed by atoms with Gasteiger partial charge >= 0.3 is 0 Å². The van der Waals surface area contributed by atoms with E-state index in [-0.39, 0.29) is 11.7 Å². The summed E-state index contributed by atoms with van der Waals surface area (Å²) in [6.45, 7) is 2.34. The highest BCUT2D eigenvalue weighted by Crippen LogP contribution is 2.23. The fourth-order valence-electron chi connectivity index (χ4n) is 3.28. The lowest BCUT2D eigenvalue weighted by Gasteiger charge is -2.18. The van der Waals surface area contributed by atoms with Crippen molar-refractivity contribution in [3.63, 3.8) is 0 Å². The van der Waals surface area contributed by atoms with Crippen LogP contribution in [0, 0.1) is 11.7 Å². The number of para-hydroxylation sites is 2. The first-order valence-corrected chi connectivity index (χ1v) is 8.69. The maximum Gasteiger partial charge on any atom is 0.271 e. The van der Waals surface area contributed by atoms with E-state index < -0.39 is 0 Å². The van der Waals surface area contributed by atoms with Crippen molar-refractivity contribution in [2.24, 2.45) is 5.92 Å². The number of hydrogen-bond donors (Lipinski definition) is 1. The molecule has 4 rings (SSSR count). The van der Waals surface area contributed by atoms with Gasteiger partial charge in [0.2, 0.25) is 0 Å². The lowest BCUT2D eigenvalue weighted by molar-refractivity contribution is 0.0943. The molecule has 5 nitrogen and oxygen atoms in total. The molecule has 2 heterocycles. The predicted molar refractivity (Wildman–Crippen MR) is 98.6 cm³/mol. The highest BCUT2D eigenvalue weighted by atomic mass is 19.1. The van der Waals surface area contributed by atoms with Crippen LogP contribution >= 0.6 is 0 Å². The molecule has 6 heteroatoms. The fourth-order valence-corrected chi connectivity index (χ4v) is 3.28. The van der Waals surface area contributed by atoms with Gasteiger partial charge in [-0.15, -0.1) is 0 Å². The first-order chi connectivity index (χ1) is 12.7. The van der Waals surface area contributed by atoms with E-state index in [1.54, 1.807) is 12.1 Å². The summed E-state index contributed by atoms with van der Waals surface area (Å²) in [5.41, 5.74) is 2.83. The van der Waals surface area contributed by atoms with Gasteiger partial charge in [-0.1, -0.05) is 12.1 Å². The van der Waals surface area contributed by atoms with Crippen LogP contribution in [-0.4, -0.2) is 35.5 Å². The molecule has 0 radical (unpaired) electrons. The molecule has 1 amide bonds. The second-order valence-electron chi connectivity index (χ2n) is 6.53. The number of carbonyl (C=O) groups is 1. The third-order valence-corrected chi connectivity index (χ3v) is 4.71. The molecule has 1 fully saturated rings. The molecule has 1 atom stereocenters. The summed E-state index contributed by atoms with van der Waals surface area (Å²) in [5.74, 6) is -0.0749. The van der Waals surface area contributed by atoms with Gasteiger partial charge in [0.05, 0.1) is 17.2 Å². The fraction of sp³-hybridized carbons (Fsp3) is 0.250. The molecule has 0 saturated carbocycles. The van der Waals surface area contributed by atoms with E-state index in [1.165, 1.54) is 18.3 Å². The molecule has 1 N–H and O–H groups in total. The van der Waals surface area contributed by atoms with Crippen molar-refractivity contribution >= 4 is 22.6 Å². The largest absolute Gasteiger partial charge is 0.371 e. The number of fused-ring (bicyclic) bond motifs is 1. The van der Waals surface area contributed by atoms with Crippen molar-refractivity contribution in [3.05, 3.63) is 66.2 Å². The van der Waals surface area contributed by atoms with Crippen LogP contribution in [0.2, 0.25) is 0 Å². The van der Waals surface area contributed by atoms with Gasteiger partial charge < -0.3 is 10.2 Å². The van der Waals surface area contributed by atoms with Gasteiger partial charge in [0.1, 0.15) is 11.5 Å². The van der Waals surface area contributed by atoms with Crippen molar-refractivity contribution in [2.75, 3.05) is 24.5 Å². The zero-order chi connectivity index (χ0) is 17.9. The van der Waals surface area contributed by atoms with Crippen LogP contribution in [0.1, 0.15) is 16.9 Å². The third-order valence-electron chi connectivity index (χ3n) is 4.71. The number of carbonyl (C=O) groups excluding carboxylic acids is 1. The quantitative estimate of drug-likeness (QED) is 0.786. The number of aromatic nitrogens is 2. The second-order valence-corrected chi connectivity index (χ2v) is 6.53. The summed E-state index contributed by atoms with van der Waals surface area (Å²) in [4.78, 5) is 23.2. The summed E-state index contributed by atoms with van der Waals surface area (Å²) >= 11 is 0. The van der Waals surface area contributed by atoms with Crippen LogP contribution < -0.4 is 10.2 Å². The van der Waals surface area contributed by atoms with E-state index >= 15 is 0 Å². The Hall–Kier alpha value is -3.02. The molecular formula is C20H19FN4O. The Morgan fingerprint density at radius 1 is 1.15 bits per heavy atom. The van der Waals surface area contributed by atoms with E-state index in [1.807, 2.05) is 24.3 Å². The van der Waals surface area contributed by atoms with Crippen LogP contribution in [-0.2, 0) is 0 Å². The zero-order valence-electron chi connectivity index (χ0n) is 14.2. The minimum atomic E-state index is -0.228. The Kier molecular flexibility index (Phi) is 4.48. The Morgan fingerprint density at radius 2 is 1.92 bits per heavy atom. The van der Waals surface area contributed by atoms with Gasteiger partial charge in [-0.05, 0) is 48.7 Å². The smallest absolute Gasteiger partial charge is 0.271 e. The molecule has 1 aliphatic rings. The number of amides is 1. The summed E-state index contributed by atoms with van der Waals surface area (Å²) < 4.78 is 13.0. The molecule has 2 aromatic carbocycles. The number of halogens is 1. The molecule has 1 aromatic heterocycles. The lowest BCUT2D eigenvalue weighted by Crippen LogP contribution is -2.31. The molecule has 1 saturated heterocycles. The van der Waals surface area contributed by atoms with Crippen LogP contribution in [0.15, 0.2) is 54.7 Å². The molecular weight excluding hydrogens is 331 g/mol. The predicted octanol–water partition coefficient (Wildman–Crippen LogP) is 3.03. The Morgan fingerprint density at radius 3 is 2.73 bits per heavy atom. The van der Waals surface area contributed by atoms with E-state index in [9.17, 15) is 9.18 Å². The van der Waals surface area contributed by atoms with Gasteiger partial charge in [0.15, 0.2) is 0 Å². The molecule has 26 heavy (non-hydrogen) atoms. The second kappa shape index (κ2) is 7.07. The molecule has 0 bridgehead atoms. The summed E-state index contributed by atoms with van der Waals surface area (Å²) in [7, 11) is 0. The average molecular weight is 350 g/mol. The first kappa shape index (κ1) is 16.4. The topological polar surface area (TPSA) is 58.1 Å². The van der Waals surface area contributed by atoms with Crippen molar-refractivity contribution < 1.29 is 9.18 Å². The van der Waals surface area contributed by atoms with Crippen LogP contribution in [0.5, 0.6) is 0 Å². The Labute approximate surface area is 150 Å². The summed E-state index contributed by atoms with van der Waals surface area (Å²) in [6, 6.07) is 14.0. The van der Waals surface area contributed by atoms with Crippen molar-refractivity contribution in [2.45, 2.75) is 6.42 Å². The van der Waals surface area contributed by atoms with E-state index in [2.05, 4.69) is 20.2 Å². The number of nitrogens with zero attached hydrogens (tertiary/aromatic N) is 3.